The van der Waals surface area contributed by atoms with Crippen LogP contribution in [0.2, 0.25) is 10.0 Å². The van der Waals surface area contributed by atoms with E-state index in [0.29, 0.717) is 38.2 Å². The second kappa shape index (κ2) is 7.52. The molecule has 0 aromatic heterocycles. The SMILES string of the molecule is COc1c(-c2cc(F)cc(F)c2)ccc(-c2cc(Cl)cc(Cl)c2)c1OC. The fourth-order valence-corrected chi connectivity index (χ4v) is 3.37. The van der Waals surface area contributed by atoms with E-state index in [1.165, 1.54) is 26.4 Å². The molecule has 0 spiro atoms. The van der Waals surface area contributed by atoms with E-state index in [9.17, 15) is 8.78 Å². The lowest BCUT2D eigenvalue weighted by Crippen LogP contribution is -1.97. The van der Waals surface area contributed by atoms with Crippen molar-refractivity contribution >= 4 is 23.2 Å². The van der Waals surface area contributed by atoms with Crippen LogP contribution in [0.4, 0.5) is 8.78 Å². The van der Waals surface area contributed by atoms with Crippen LogP contribution >= 0.6 is 23.2 Å². The zero-order chi connectivity index (χ0) is 18.8. The molecule has 0 unspecified atom stereocenters. The first kappa shape index (κ1) is 18.5. The van der Waals surface area contributed by atoms with Gasteiger partial charge >= 0.3 is 0 Å². The van der Waals surface area contributed by atoms with Gasteiger partial charge in [-0.1, -0.05) is 23.2 Å². The van der Waals surface area contributed by atoms with E-state index in [-0.39, 0.29) is 0 Å². The van der Waals surface area contributed by atoms with Gasteiger partial charge in [0.2, 0.25) is 0 Å². The average molecular weight is 395 g/mol. The first-order chi connectivity index (χ1) is 12.4. The summed E-state index contributed by atoms with van der Waals surface area (Å²) in [6.07, 6.45) is 0. The van der Waals surface area contributed by atoms with Gasteiger partial charge in [-0.05, 0) is 53.6 Å². The first-order valence-electron chi connectivity index (χ1n) is 7.61. The lowest BCUT2D eigenvalue weighted by Gasteiger charge is -2.17. The molecule has 0 heterocycles. The van der Waals surface area contributed by atoms with Crippen molar-refractivity contribution in [3.05, 3.63) is 70.2 Å². The number of benzene rings is 3. The van der Waals surface area contributed by atoms with Crippen molar-refractivity contribution in [2.75, 3.05) is 14.2 Å². The second-order valence-corrected chi connectivity index (χ2v) is 6.42. The molecule has 0 N–H and O–H groups in total. The summed E-state index contributed by atoms with van der Waals surface area (Å²) in [5.74, 6) is -0.586. The highest BCUT2D eigenvalue weighted by atomic mass is 35.5. The maximum absolute atomic E-state index is 13.6. The number of rotatable bonds is 4. The minimum Gasteiger partial charge on any atom is -0.492 e. The molecule has 0 atom stereocenters. The van der Waals surface area contributed by atoms with Crippen LogP contribution in [0, 0.1) is 11.6 Å². The van der Waals surface area contributed by atoms with Crippen molar-refractivity contribution in [3.63, 3.8) is 0 Å². The predicted octanol–water partition coefficient (Wildman–Crippen LogP) is 6.62. The van der Waals surface area contributed by atoms with Crippen molar-refractivity contribution in [1.29, 1.82) is 0 Å². The second-order valence-electron chi connectivity index (χ2n) is 5.54. The van der Waals surface area contributed by atoms with Crippen molar-refractivity contribution in [2.24, 2.45) is 0 Å². The van der Waals surface area contributed by atoms with Gasteiger partial charge in [-0.15, -0.1) is 0 Å². The summed E-state index contributed by atoms with van der Waals surface area (Å²) in [6, 6.07) is 11.9. The Morgan fingerprint density at radius 1 is 0.654 bits per heavy atom. The van der Waals surface area contributed by atoms with Crippen molar-refractivity contribution in [1.82, 2.24) is 0 Å². The zero-order valence-corrected chi connectivity index (χ0v) is 15.5. The molecular formula is C20H14Cl2F2O2. The topological polar surface area (TPSA) is 18.5 Å². The van der Waals surface area contributed by atoms with Crippen LogP contribution < -0.4 is 9.47 Å². The maximum Gasteiger partial charge on any atom is 0.169 e. The molecule has 0 fully saturated rings. The van der Waals surface area contributed by atoms with Crippen LogP contribution in [0.3, 0.4) is 0 Å². The summed E-state index contributed by atoms with van der Waals surface area (Å²) in [7, 11) is 2.95. The molecule has 0 radical (unpaired) electrons. The summed E-state index contributed by atoms with van der Waals surface area (Å²) in [5.41, 5.74) is 2.26. The summed E-state index contributed by atoms with van der Waals surface area (Å²) >= 11 is 12.2. The number of halogens is 4. The largest absolute Gasteiger partial charge is 0.492 e. The highest BCUT2D eigenvalue weighted by molar-refractivity contribution is 6.35. The van der Waals surface area contributed by atoms with E-state index in [1.54, 1.807) is 30.3 Å². The first-order valence-corrected chi connectivity index (χ1v) is 8.36. The molecule has 26 heavy (non-hydrogen) atoms. The molecule has 0 amide bonds. The third kappa shape index (κ3) is 3.62. The number of hydrogen-bond acceptors (Lipinski definition) is 2. The summed E-state index contributed by atoms with van der Waals surface area (Å²) < 4.78 is 38.3. The Morgan fingerprint density at radius 2 is 1.08 bits per heavy atom. The molecule has 6 heteroatoms. The van der Waals surface area contributed by atoms with E-state index in [0.717, 1.165) is 11.6 Å². The van der Waals surface area contributed by atoms with Crippen molar-refractivity contribution in [2.45, 2.75) is 0 Å². The normalized spacial score (nSPS) is 10.7. The minimum atomic E-state index is -0.674. The summed E-state index contributed by atoms with van der Waals surface area (Å²) in [4.78, 5) is 0. The zero-order valence-electron chi connectivity index (χ0n) is 13.9. The van der Waals surface area contributed by atoms with Crippen LogP contribution in [-0.4, -0.2) is 14.2 Å². The molecule has 0 aliphatic carbocycles. The summed E-state index contributed by atoms with van der Waals surface area (Å²) in [6.45, 7) is 0. The van der Waals surface area contributed by atoms with Gasteiger partial charge in [-0.3, -0.25) is 0 Å². The van der Waals surface area contributed by atoms with Crippen LogP contribution in [0.25, 0.3) is 22.3 Å². The minimum absolute atomic E-state index is 0.341. The fourth-order valence-electron chi connectivity index (χ4n) is 2.84. The molecule has 0 bridgehead atoms. The molecule has 0 saturated carbocycles. The van der Waals surface area contributed by atoms with Crippen LogP contribution in [-0.2, 0) is 0 Å². The molecule has 2 nitrogen and oxygen atoms in total. The molecule has 3 aromatic rings. The number of hydrogen-bond donors (Lipinski definition) is 0. The molecule has 0 saturated heterocycles. The highest BCUT2D eigenvalue weighted by Crippen LogP contribution is 2.45. The molecule has 0 aliphatic heterocycles. The van der Waals surface area contributed by atoms with Crippen molar-refractivity contribution in [3.8, 4) is 33.8 Å². The van der Waals surface area contributed by atoms with Gasteiger partial charge in [0.25, 0.3) is 0 Å². The highest BCUT2D eigenvalue weighted by Gasteiger charge is 2.19. The fraction of sp³-hybridized carbons (Fsp3) is 0.100. The van der Waals surface area contributed by atoms with E-state index < -0.39 is 11.6 Å². The van der Waals surface area contributed by atoms with E-state index >= 15 is 0 Å². The van der Waals surface area contributed by atoms with E-state index in [1.807, 2.05) is 0 Å². The van der Waals surface area contributed by atoms with Crippen molar-refractivity contribution < 1.29 is 18.3 Å². The van der Waals surface area contributed by atoms with Gasteiger partial charge in [-0.25, -0.2) is 8.78 Å². The number of ether oxygens (including phenoxy) is 2. The summed E-state index contributed by atoms with van der Waals surface area (Å²) in [5, 5.41) is 0.953. The van der Waals surface area contributed by atoms with Gasteiger partial charge in [0.15, 0.2) is 11.5 Å². The van der Waals surface area contributed by atoms with Crippen LogP contribution in [0.5, 0.6) is 11.5 Å². The third-order valence-electron chi connectivity index (χ3n) is 3.87. The standard InChI is InChI=1S/C20H14Cl2F2O2/c1-25-19-17(11-5-13(21)9-14(22)6-11)3-4-18(20(19)26-2)12-7-15(23)10-16(24)8-12/h3-10H,1-2H3. The average Bonchev–Trinajstić information content (AvgIpc) is 2.58. The Labute approximate surface area is 159 Å². The predicted molar refractivity (Wildman–Crippen MR) is 100 cm³/mol. The lowest BCUT2D eigenvalue weighted by molar-refractivity contribution is 0.357. The van der Waals surface area contributed by atoms with Gasteiger partial charge in [0, 0.05) is 27.2 Å². The van der Waals surface area contributed by atoms with Crippen LogP contribution in [0.1, 0.15) is 0 Å². The monoisotopic (exact) mass is 394 g/mol. The van der Waals surface area contributed by atoms with Gasteiger partial charge in [-0.2, -0.15) is 0 Å². The molecule has 3 aromatic carbocycles. The van der Waals surface area contributed by atoms with E-state index in [2.05, 4.69) is 0 Å². The third-order valence-corrected chi connectivity index (χ3v) is 4.30. The smallest absolute Gasteiger partial charge is 0.169 e. The Balaban J connectivity index is 2.24. The molecule has 134 valence electrons. The Bertz CT molecular complexity index is 855. The maximum atomic E-state index is 13.6. The quantitative estimate of drug-likeness (QED) is 0.494. The van der Waals surface area contributed by atoms with Crippen LogP contribution in [0.15, 0.2) is 48.5 Å². The van der Waals surface area contributed by atoms with Gasteiger partial charge in [0.1, 0.15) is 11.6 Å². The molecule has 0 aliphatic rings. The van der Waals surface area contributed by atoms with Gasteiger partial charge in [0.05, 0.1) is 14.2 Å². The molecular weight excluding hydrogens is 381 g/mol. The van der Waals surface area contributed by atoms with Gasteiger partial charge < -0.3 is 9.47 Å². The van der Waals surface area contributed by atoms with E-state index in [4.69, 9.17) is 32.7 Å². The number of methoxy groups -OCH3 is 2. The Hall–Kier alpha value is -2.30. The molecule has 3 rings (SSSR count). The Kier molecular flexibility index (Phi) is 5.35. The lowest BCUT2D eigenvalue weighted by atomic mass is 9.97. The Morgan fingerprint density at radius 3 is 1.50 bits per heavy atom.